The van der Waals surface area contributed by atoms with E-state index in [-0.39, 0.29) is 5.56 Å². The molecule has 1 aromatic carbocycles. The Bertz CT molecular complexity index is 1140. The topological polar surface area (TPSA) is 87.7 Å². The normalized spacial score (nSPS) is 11.2. The summed E-state index contributed by atoms with van der Waals surface area (Å²) in [7, 11) is 0. The van der Waals surface area contributed by atoms with Crippen LogP contribution in [0.4, 0.5) is 0 Å². The lowest BCUT2D eigenvalue weighted by atomic mass is 10.2. The van der Waals surface area contributed by atoms with Gasteiger partial charge in [0.25, 0.3) is 5.56 Å². The summed E-state index contributed by atoms with van der Waals surface area (Å²) in [6, 6.07) is 12.9. The van der Waals surface area contributed by atoms with Crippen molar-refractivity contribution < 1.29 is 4.74 Å². The van der Waals surface area contributed by atoms with Crippen molar-refractivity contribution in [3.05, 3.63) is 77.0 Å². The summed E-state index contributed by atoms with van der Waals surface area (Å²) in [6.07, 6.45) is 3.80. The maximum absolute atomic E-state index is 12.7. The van der Waals surface area contributed by atoms with Crippen LogP contribution in [0, 0.1) is 0 Å². The SMILES string of the molecule is CCOCc1nc(CCn2cnc3ccccc3c2=O)n(-c2ccccn2)n1. The Balaban J connectivity index is 1.63. The van der Waals surface area contributed by atoms with Crippen molar-refractivity contribution in [2.45, 2.75) is 26.5 Å². The quantitative estimate of drug-likeness (QED) is 0.491. The number of aryl methyl sites for hydroxylation is 2. The molecule has 0 radical (unpaired) electrons. The van der Waals surface area contributed by atoms with Crippen LogP contribution >= 0.6 is 0 Å². The molecule has 4 aromatic rings. The third-order valence-corrected chi connectivity index (χ3v) is 4.33. The van der Waals surface area contributed by atoms with Crippen LogP contribution in [0.3, 0.4) is 0 Å². The maximum Gasteiger partial charge on any atom is 0.261 e. The molecule has 0 atom stereocenters. The molecule has 3 aromatic heterocycles. The van der Waals surface area contributed by atoms with Crippen molar-refractivity contribution in [1.29, 1.82) is 0 Å². The van der Waals surface area contributed by atoms with Crippen molar-refractivity contribution in [1.82, 2.24) is 29.3 Å². The highest BCUT2D eigenvalue weighted by Gasteiger charge is 2.13. The molecule has 3 heterocycles. The van der Waals surface area contributed by atoms with Crippen LogP contribution in [-0.2, 0) is 24.3 Å². The molecule has 0 saturated carbocycles. The smallest absolute Gasteiger partial charge is 0.261 e. The highest BCUT2D eigenvalue weighted by Crippen LogP contribution is 2.10. The van der Waals surface area contributed by atoms with Gasteiger partial charge in [-0.1, -0.05) is 18.2 Å². The minimum absolute atomic E-state index is 0.0657. The molecule has 0 saturated heterocycles. The van der Waals surface area contributed by atoms with Crippen molar-refractivity contribution >= 4 is 10.9 Å². The van der Waals surface area contributed by atoms with Gasteiger partial charge in [-0.3, -0.25) is 9.36 Å². The van der Waals surface area contributed by atoms with Gasteiger partial charge in [0.15, 0.2) is 11.6 Å². The number of hydrogen-bond donors (Lipinski definition) is 0. The first-order valence-electron chi connectivity index (χ1n) is 9.14. The van der Waals surface area contributed by atoms with Gasteiger partial charge >= 0.3 is 0 Å². The van der Waals surface area contributed by atoms with Gasteiger partial charge in [-0.15, -0.1) is 5.10 Å². The number of hydrogen-bond acceptors (Lipinski definition) is 6. The molecule has 0 unspecified atom stereocenters. The second kappa shape index (κ2) is 8.10. The van der Waals surface area contributed by atoms with E-state index in [4.69, 9.17) is 4.74 Å². The lowest BCUT2D eigenvalue weighted by molar-refractivity contribution is 0.128. The van der Waals surface area contributed by atoms with Gasteiger partial charge in [0.1, 0.15) is 12.4 Å². The van der Waals surface area contributed by atoms with Crippen molar-refractivity contribution in [3.8, 4) is 5.82 Å². The Kier molecular flexibility index (Phi) is 5.20. The van der Waals surface area contributed by atoms with Crippen LogP contribution in [0.5, 0.6) is 0 Å². The average Bonchev–Trinajstić information content (AvgIpc) is 3.16. The third kappa shape index (κ3) is 3.67. The van der Waals surface area contributed by atoms with Gasteiger partial charge in [-0.25, -0.2) is 15.0 Å². The molecule has 4 rings (SSSR count). The Morgan fingerprint density at radius 1 is 1.07 bits per heavy atom. The Morgan fingerprint density at radius 3 is 2.75 bits per heavy atom. The van der Waals surface area contributed by atoms with Crippen molar-refractivity contribution in [2.24, 2.45) is 0 Å². The Morgan fingerprint density at radius 2 is 1.93 bits per heavy atom. The minimum Gasteiger partial charge on any atom is -0.374 e. The first-order valence-corrected chi connectivity index (χ1v) is 9.14. The Hall–Kier alpha value is -3.39. The van der Waals surface area contributed by atoms with E-state index >= 15 is 0 Å². The van der Waals surface area contributed by atoms with Gasteiger partial charge in [0.2, 0.25) is 0 Å². The molecule has 0 fully saturated rings. The lowest BCUT2D eigenvalue weighted by Gasteiger charge is -2.07. The highest BCUT2D eigenvalue weighted by atomic mass is 16.5. The van der Waals surface area contributed by atoms with Gasteiger partial charge in [-0.2, -0.15) is 4.68 Å². The molecule has 0 bridgehead atoms. The fraction of sp³-hybridized carbons (Fsp3) is 0.250. The highest BCUT2D eigenvalue weighted by molar-refractivity contribution is 5.76. The van der Waals surface area contributed by atoms with Crippen LogP contribution in [-0.4, -0.2) is 35.9 Å². The number of ether oxygens (including phenoxy) is 1. The number of para-hydroxylation sites is 1. The van der Waals surface area contributed by atoms with Crippen LogP contribution in [0.1, 0.15) is 18.6 Å². The summed E-state index contributed by atoms with van der Waals surface area (Å²) in [6.45, 7) is 3.29. The van der Waals surface area contributed by atoms with Crippen molar-refractivity contribution in [3.63, 3.8) is 0 Å². The monoisotopic (exact) mass is 376 g/mol. The fourth-order valence-corrected chi connectivity index (χ4v) is 2.96. The molecule has 0 aliphatic heterocycles. The van der Waals surface area contributed by atoms with E-state index in [1.165, 1.54) is 0 Å². The molecule has 0 N–H and O–H groups in total. The summed E-state index contributed by atoms with van der Waals surface area (Å²) in [5.74, 6) is 1.98. The molecular formula is C20H20N6O2. The van der Waals surface area contributed by atoms with E-state index in [0.29, 0.717) is 54.5 Å². The third-order valence-electron chi connectivity index (χ3n) is 4.33. The first-order chi connectivity index (χ1) is 13.8. The largest absolute Gasteiger partial charge is 0.374 e. The molecule has 8 nitrogen and oxygen atoms in total. The number of aromatic nitrogens is 6. The second-order valence-electron chi connectivity index (χ2n) is 6.19. The van der Waals surface area contributed by atoms with Gasteiger partial charge < -0.3 is 4.74 Å². The molecule has 0 aliphatic carbocycles. The second-order valence-corrected chi connectivity index (χ2v) is 6.19. The molecule has 0 spiro atoms. The van der Waals surface area contributed by atoms with E-state index in [1.54, 1.807) is 27.8 Å². The number of benzene rings is 1. The van der Waals surface area contributed by atoms with Crippen LogP contribution in [0.2, 0.25) is 0 Å². The van der Waals surface area contributed by atoms with E-state index < -0.39 is 0 Å². The summed E-state index contributed by atoms with van der Waals surface area (Å²) in [5, 5.41) is 5.12. The standard InChI is InChI=1S/C20H20N6O2/c1-2-28-13-17-23-19(26(24-17)18-9-5-6-11-21-18)10-12-25-14-22-16-8-4-3-7-15(16)20(25)27/h3-9,11,14H,2,10,12-13H2,1H3. The Labute approximate surface area is 161 Å². The lowest BCUT2D eigenvalue weighted by Crippen LogP contribution is -2.22. The van der Waals surface area contributed by atoms with E-state index in [1.807, 2.05) is 43.3 Å². The summed E-state index contributed by atoms with van der Waals surface area (Å²) < 4.78 is 8.73. The van der Waals surface area contributed by atoms with Gasteiger partial charge in [0, 0.05) is 25.8 Å². The van der Waals surface area contributed by atoms with Crippen molar-refractivity contribution in [2.75, 3.05) is 6.61 Å². The van der Waals surface area contributed by atoms with Crippen LogP contribution in [0.25, 0.3) is 16.7 Å². The molecule has 0 amide bonds. The number of rotatable bonds is 7. The summed E-state index contributed by atoms with van der Waals surface area (Å²) in [5.41, 5.74) is 0.628. The van der Waals surface area contributed by atoms with E-state index in [9.17, 15) is 4.79 Å². The van der Waals surface area contributed by atoms with E-state index in [0.717, 1.165) is 0 Å². The molecule has 0 aliphatic rings. The predicted molar refractivity (Wildman–Crippen MR) is 104 cm³/mol. The molecule has 142 valence electrons. The summed E-state index contributed by atoms with van der Waals surface area (Å²) in [4.78, 5) is 26.0. The number of nitrogens with zero attached hydrogens (tertiary/aromatic N) is 6. The maximum atomic E-state index is 12.7. The van der Waals surface area contributed by atoms with Crippen LogP contribution < -0.4 is 5.56 Å². The zero-order chi connectivity index (χ0) is 19.3. The molecule has 28 heavy (non-hydrogen) atoms. The molecule has 8 heteroatoms. The fourth-order valence-electron chi connectivity index (χ4n) is 2.96. The minimum atomic E-state index is -0.0657. The van der Waals surface area contributed by atoms with Gasteiger partial charge in [0.05, 0.1) is 17.2 Å². The zero-order valence-corrected chi connectivity index (χ0v) is 15.5. The first kappa shape index (κ1) is 18.0. The number of fused-ring (bicyclic) bond motifs is 1. The predicted octanol–water partition coefficient (Wildman–Crippen LogP) is 2.15. The number of pyridine rings is 1. The summed E-state index contributed by atoms with van der Waals surface area (Å²) >= 11 is 0. The average molecular weight is 376 g/mol. The van der Waals surface area contributed by atoms with Gasteiger partial charge in [-0.05, 0) is 31.2 Å². The zero-order valence-electron chi connectivity index (χ0n) is 15.5. The van der Waals surface area contributed by atoms with Crippen LogP contribution in [0.15, 0.2) is 59.8 Å². The van der Waals surface area contributed by atoms with E-state index in [2.05, 4.69) is 20.1 Å². The molecular weight excluding hydrogens is 356 g/mol.